The van der Waals surface area contributed by atoms with Gasteiger partial charge in [-0.2, -0.15) is 5.26 Å². The van der Waals surface area contributed by atoms with Gasteiger partial charge in [0.1, 0.15) is 16.7 Å². The summed E-state index contributed by atoms with van der Waals surface area (Å²) >= 11 is 0. The zero-order chi connectivity index (χ0) is 36.9. The number of para-hydroxylation sites is 4. The molecule has 56 heavy (non-hydrogen) atoms. The third-order valence-corrected chi connectivity index (χ3v) is 11.5. The van der Waals surface area contributed by atoms with E-state index in [4.69, 9.17) is 13.8 Å². The number of benzene rings is 7. The predicted molar refractivity (Wildman–Crippen MR) is 226 cm³/mol. The molecule has 0 saturated carbocycles. The highest BCUT2D eigenvalue weighted by molar-refractivity contribution is 6.14. The molecular formula is C50H30N4O2. The summed E-state index contributed by atoms with van der Waals surface area (Å²) in [6.45, 7) is 0. The highest BCUT2D eigenvalue weighted by Gasteiger charge is 2.20. The van der Waals surface area contributed by atoms with E-state index >= 15 is 0 Å². The van der Waals surface area contributed by atoms with Crippen LogP contribution in [-0.4, -0.2) is 14.1 Å². The first-order chi connectivity index (χ1) is 27.7. The zero-order valence-corrected chi connectivity index (χ0v) is 30.0. The topological polar surface area (TPSA) is 72.8 Å². The lowest BCUT2D eigenvalue weighted by molar-refractivity contribution is 0.665. The lowest BCUT2D eigenvalue weighted by atomic mass is 10.0. The minimum absolute atomic E-state index is 0.639. The van der Waals surface area contributed by atoms with Crippen LogP contribution in [0.25, 0.3) is 99.0 Å². The summed E-state index contributed by atoms with van der Waals surface area (Å²) in [6, 6.07) is 55.2. The van der Waals surface area contributed by atoms with E-state index < -0.39 is 0 Å². The molecule has 0 atom stereocenters. The molecule has 6 heteroatoms. The number of aromatic nitrogens is 3. The quantitative estimate of drug-likeness (QED) is 0.178. The molecule has 5 aromatic heterocycles. The van der Waals surface area contributed by atoms with E-state index in [0.29, 0.717) is 5.56 Å². The highest BCUT2D eigenvalue weighted by atomic mass is 16.3. The standard InChI is InChI=1S/C50H30N4O2/c51-29-32-19-22-43-38(28-32)34-9-2-5-13-41(34)54(43)45-24-25-52-48-39-27-31(20-23-47(39)56-50(45)48)17-16-30-18-21-42-37(26-30)33-8-1-4-12-40(33)53(42)44-14-7-11-36-35-10-3-6-15-46(35)55-49(36)44/h1-15,18-28H,16-17H2. The van der Waals surface area contributed by atoms with Gasteiger partial charge in [-0.15, -0.1) is 0 Å². The van der Waals surface area contributed by atoms with Crippen LogP contribution in [0, 0.1) is 11.3 Å². The maximum Gasteiger partial charge on any atom is 0.177 e. The van der Waals surface area contributed by atoms with E-state index in [-0.39, 0.29) is 0 Å². The van der Waals surface area contributed by atoms with E-state index in [0.717, 1.165) is 101 Å². The van der Waals surface area contributed by atoms with Gasteiger partial charge in [-0.3, -0.25) is 4.98 Å². The van der Waals surface area contributed by atoms with Crippen LogP contribution in [0.4, 0.5) is 0 Å². The third kappa shape index (κ3) is 4.40. The maximum absolute atomic E-state index is 9.63. The molecule has 0 N–H and O–H groups in total. The molecule has 12 aromatic rings. The second kappa shape index (κ2) is 11.7. The Kier molecular flexibility index (Phi) is 6.43. The van der Waals surface area contributed by atoms with E-state index in [1.807, 2.05) is 54.7 Å². The van der Waals surface area contributed by atoms with Crippen molar-refractivity contribution in [2.24, 2.45) is 0 Å². The number of nitrogens with zero attached hydrogens (tertiary/aromatic N) is 4. The van der Waals surface area contributed by atoms with Crippen LogP contribution in [0.15, 0.2) is 167 Å². The Morgan fingerprint density at radius 3 is 1.80 bits per heavy atom. The summed E-state index contributed by atoms with van der Waals surface area (Å²) in [5, 5.41) is 17.5. The summed E-state index contributed by atoms with van der Waals surface area (Å²) in [7, 11) is 0. The summed E-state index contributed by atoms with van der Waals surface area (Å²) < 4.78 is 17.7. The van der Waals surface area contributed by atoms with Crippen molar-refractivity contribution in [3.05, 3.63) is 175 Å². The van der Waals surface area contributed by atoms with Crippen LogP contribution in [-0.2, 0) is 12.8 Å². The molecule has 0 aliphatic carbocycles. The Morgan fingerprint density at radius 2 is 1.04 bits per heavy atom. The molecule has 0 amide bonds. The van der Waals surface area contributed by atoms with Crippen LogP contribution in [0.2, 0.25) is 0 Å². The second-order valence-corrected chi connectivity index (χ2v) is 14.6. The van der Waals surface area contributed by atoms with E-state index in [1.54, 1.807) is 0 Å². The molecule has 6 nitrogen and oxygen atoms in total. The van der Waals surface area contributed by atoms with Crippen molar-refractivity contribution in [2.75, 3.05) is 0 Å². The Labute approximate surface area is 319 Å². The molecule has 5 heterocycles. The smallest absolute Gasteiger partial charge is 0.177 e. The number of hydrogen-bond acceptors (Lipinski definition) is 4. The number of nitriles is 1. The number of hydrogen-bond donors (Lipinski definition) is 0. The van der Waals surface area contributed by atoms with Crippen molar-refractivity contribution in [1.29, 1.82) is 5.26 Å². The van der Waals surface area contributed by atoms with Crippen molar-refractivity contribution in [3.63, 3.8) is 0 Å². The lowest BCUT2D eigenvalue weighted by Crippen LogP contribution is -1.95. The monoisotopic (exact) mass is 718 g/mol. The normalized spacial score (nSPS) is 12.1. The second-order valence-electron chi connectivity index (χ2n) is 14.6. The minimum atomic E-state index is 0.639. The van der Waals surface area contributed by atoms with Gasteiger partial charge < -0.3 is 18.0 Å². The van der Waals surface area contributed by atoms with Gasteiger partial charge in [0.15, 0.2) is 11.2 Å². The van der Waals surface area contributed by atoms with Gasteiger partial charge in [0.05, 0.1) is 45.1 Å². The van der Waals surface area contributed by atoms with E-state index in [9.17, 15) is 5.26 Å². The molecule has 0 fully saturated rings. The summed E-state index contributed by atoms with van der Waals surface area (Å²) in [6.07, 6.45) is 3.63. The average Bonchev–Trinajstić information content (AvgIpc) is 4.00. The molecule has 0 aliphatic heterocycles. The first-order valence-electron chi connectivity index (χ1n) is 18.9. The predicted octanol–water partition coefficient (Wildman–Crippen LogP) is 12.7. The van der Waals surface area contributed by atoms with Crippen LogP contribution < -0.4 is 0 Å². The van der Waals surface area contributed by atoms with Gasteiger partial charge in [0, 0.05) is 43.9 Å². The molecule has 0 bridgehead atoms. The van der Waals surface area contributed by atoms with Gasteiger partial charge in [0.25, 0.3) is 0 Å². The Morgan fingerprint density at radius 1 is 0.464 bits per heavy atom. The highest BCUT2D eigenvalue weighted by Crippen LogP contribution is 2.40. The average molecular weight is 719 g/mol. The van der Waals surface area contributed by atoms with Gasteiger partial charge >= 0.3 is 0 Å². The number of pyridine rings is 1. The molecule has 0 unspecified atom stereocenters. The number of rotatable bonds is 5. The molecular weight excluding hydrogens is 689 g/mol. The molecule has 7 aromatic carbocycles. The van der Waals surface area contributed by atoms with Crippen molar-refractivity contribution in [1.82, 2.24) is 14.1 Å². The molecule has 0 aliphatic rings. The fourth-order valence-electron chi connectivity index (χ4n) is 8.96. The van der Waals surface area contributed by atoms with Crippen molar-refractivity contribution in [2.45, 2.75) is 12.8 Å². The number of fused-ring (bicyclic) bond motifs is 12. The molecule has 0 saturated heterocycles. The Bertz CT molecular complexity index is 3630. The fourth-order valence-corrected chi connectivity index (χ4v) is 8.96. The maximum atomic E-state index is 9.63. The van der Waals surface area contributed by atoms with Crippen LogP contribution in [0.1, 0.15) is 16.7 Å². The van der Waals surface area contributed by atoms with Gasteiger partial charge in [-0.05, 0) is 96.8 Å². The zero-order valence-electron chi connectivity index (χ0n) is 30.0. The first-order valence-corrected chi connectivity index (χ1v) is 18.9. The van der Waals surface area contributed by atoms with Crippen LogP contribution in [0.3, 0.4) is 0 Å². The first kappa shape index (κ1) is 30.8. The third-order valence-electron chi connectivity index (χ3n) is 11.5. The van der Waals surface area contributed by atoms with Crippen molar-refractivity contribution in [3.8, 4) is 17.4 Å². The number of aryl methyl sites for hydroxylation is 2. The van der Waals surface area contributed by atoms with Crippen molar-refractivity contribution >= 4 is 87.6 Å². The van der Waals surface area contributed by atoms with Gasteiger partial charge in [-0.1, -0.05) is 78.9 Å². The summed E-state index contributed by atoms with van der Waals surface area (Å²) in [4.78, 5) is 4.85. The fraction of sp³-hybridized carbons (Fsp3) is 0.0400. The lowest BCUT2D eigenvalue weighted by Gasteiger charge is -2.09. The van der Waals surface area contributed by atoms with Gasteiger partial charge in [-0.25, -0.2) is 0 Å². The minimum Gasteiger partial charge on any atom is -0.454 e. The summed E-state index contributed by atoms with van der Waals surface area (Å²) in [5.74, 6) is 0. The molecule has 0 radical (unpaired) electrons. The SMILES string of the molecule is N#Cc1ccc2c(c1)c1ccccc1n2-c1ccnc2c1oc1ccc(CCc3ccc4c(c3)c3ccccc3n4-c3cccc4c3oc3ccccc34)cc12. The molecule has 262 valence electrons. The van der Waals surface area contributed by atoms with Gasteiger partial charge in [0.2, 0.25) is 0 Å². The van der Waals surface area contributed by atoms with Crippen LogP contribution >= 0.6 is 0 Å². The molecule has 12 rings (SSSR count). The Balaban J connectivity index is 0.922. The van der Waals surface area contributed by atoms with E-state index in [2.05, 4.69) is 118 Å². The van der Waals surface area contributed by atoms with Crippen molar-refractivity contribution < 1.29 is 8.83 Å². The molecule has 0 spiro atoms. The van der Waals surface area contributed by atoms with E-state index in [1.165, 1.54) is 21.9 Å². The summed E-state index contributed by atoms with van der Waals surface area (Å²) in [5.41, 5.74) is 13.7. The van der Waals surface area contributed by atoms with Crippen LogP contribution in [0.5, 0.6) is 0 Å². The largest absolute Gasteiger partial charge is 0.454 e. The Hall–Kier alpha value is -7.62. The number of furan rings is 2.